The summed E-state index contributed by atoms with van der Waals surface area (Å²) in [5, 5.41) is 1.37. The molecule has 0 radical (unpaired) electrons. The molecule has 3 rings (SSSR count). The van der Waals surface area contributed by atoms with E-state index in [1.165, 1.54) is 10.8 Å². The number of carbonyl (C=O) groups excluding carboxylic acids is 1. The maximum atomic E-state index is 12.0. The molecule has 0 amide bonds. The topological polar surface area (TPSA) is 52.0 Å². The minimum absolute atomic E-state index is 0.145. The number of benzene rings is 1. The molecule has 0 bridgehead atoms. The Bertz CT molecular complexity index is 834. The summed E-state index contributed by atoms with van der Waals surface area (Å²) in [6.07, 6.45) is 2.24. The Morgan fingerprint density at radius 1 is 1.28 bits per heavy atom. The van der Waals surface area contributed by atoms with E-state index < -0.39 is 0 Å². The molecular weight excluding hydrogens is 228 g/mol. The van der Waals surface area contributed by atoms with E-state index in [1.54, 1.807) is 13.1 Å². The molecule has 18 heavy (non-hydrogen) atoms. The first-order valence-corrected chi connectivity index (χ1v) is 5.55. The first kappa shape index (κ1) is 10.7. The second-order valence-electron chi connectivity index (χ2n) is 4.20. The lowest BCUT2D eigenvalue weighted by molar-refractivity contribution is 0.112. The molecular formula is C14H10N2O2. The number of para-hydroxylation sites is 1. The van der Waals surface area contributed by atoms with Gasteiger partial charge in [-0.25, -0.2) is 4.98 Å². The fourth-order valence-corrected chi connectivity index (χ4v) is 2.10. The molecule has 0 unspecified atom stereocenters. The number of rotatable bonds is 1. The first-order chi connectivity index (χ1) is 8.70. The molecule has 3 aromatic rings. The van der Waals surface area contributed by atoms with Crippen molar-refractivity contribution in [2.45, 2.75) is 0 Å². The number of hydrogen-bond acceptors (Lipinski definition) is 3. The van der Waals surface area contributed by atoms with E-state index in [9.17, 15) is 9.59 Å². The molecule has 4 heteroatoms. The lowest BCUT2D eigenvalue weighted by Gasteiger charge is -2.05. The highest BCUT2D eigenvalue weighted by Gasteiger charge is 2.09. The van der Waals surface area contributed by atoms with Gasteiger partial charge in [-0.1, -0.05) is 18.2 Å². The molecule has 2 heterocycles. The fourth-order valence-electron chi connectivity index (χ4n) is 2.10. The van der Waals surface area contributed by atoms with E-state index in [0.29, 0.717) is 16.5 Å². The number of pyridine rings is 2. The van der Waals surface area contributed by atoms with Gasteiger partial charge in [0.05, 0.1) is 22.0 Å². The predicted molar refractivity (Wildman–Crippen MR) is 69.9 cm³/mol. The molecule has 88 valence electrons. The van der Waals surface area contributed by atoms with Gasteiger partial charge in [0, 0.05) is 18.6 Å². The number of fused-ring (bicyclic) bond motifs is 2. The van der Waals surface area contributed by atoms with Crippen LogP contribution in [0.2, 0.25) is 0 Å². The van der Waals surface area contributed by atoms with Crippen LogP contribution >= 0.6 is 0 Å². The third-order valence-corrected chi connectivity index (χ3v) is 3.01. The van der Waals surface area contributed by atoms with Gasteiger partial charge in [0.2, 0.25) is 0 Å². The van der Waals surface area contributed by atoms with Crippen LogP contribution in [-0.4, -0.2) is 15.8 Å². The smallest absolute Gasteiger partial charge is 0.259 e. The highest BCUT2D eigenvalue weighted by molar-refractivity contribution is 6.00. The van der Waals surface area contributed by atoms with Gasteiger partial charge in [-0.2, -0.15) is 0 Å². The molecule has 0 aliphatic carbocycles. The summed E-state index contributed by atoms with van der Waals surface area (Å²) in [6.45, 7) is 0. The van der Waals surface area contributed by atoms with Gasteiger partial charge in [0.1, 0.15) is 0 Å². The second-order valence-corrected chi connectivity index (χ2v) is 4.20. The molecule has 0 aliphatic rings. The normalized spacial score (nSPS) is 10.9. The van der Waals surface area contributed by atoms with E-state index in [0.717, 1.165) is 17.2 Å². The van der Waals surface area contributed by atoms with Crippen molar-refractivity contribution in [1.29, 1.82) is 0 Å². The zero-order chi connectivity index (χ0) is 12.7. The molecule has 0 atom stereocenters. The maximum Gasteiger partial charge on any atom is 0.259 e. The highest BCUT2D eigenvalue weighted by atomic mass is 16.1. The molecule has 0 fully saturated rings. The third kappa shape index (κ3) is 1.43. The van der Waals surface area contributed by atoms with E-state index >= 15 is 0 Å². The molecule has 2 aromatic heterocycles. The largest absolute Gasteiger partial charge is 0.317 e. The standard InChI is InChI=1S/C14H10N2O2/c1-16-7-10(8-17)13-11(14(16)18)6-9-4-2-3-5-12(9)15-13/h2-8H,1H3. The summed E-state index contributed by atoms with van der Waals surface area (Å²) in [6, 6.07) is 9.31. The van der Waals surface area contributed by atoms with Gasteiger partial charge in [0.15, 0.2) is 6.29 Å². The van der Waals surface area contributed by atoms with Crippen molar-refractivity contribution in [3.63, 3.8) is 0 Å². The van der Waals surface area contributed by atoms with E-state index in [4.69, 9.17) is 0 Å². The second kappa shape index (κ2) is 3.77. The minimum Gasteiger partial charge on any atom is -0.317 e. The van der Waals surface area contributed by atoms with E-state index in [-0.39, 0.29) is 5.56 Å². The average Bonchev–Trinajstić information content (AvgIpc) is 2.41. The van der Waals surface area contributed by atoms with Crippen LogP contribution in [0, 0.1) is 0 Å². The third-order valence-electron chi connectivity index (χ3n) is 3.01. The molecule has 0 aliphatic heterocycles. The van der Waals surface area contributed by atoms with Crippen molar-refractivity contribution in [3.8, 4) is 0 Å². The highest BCUT2D eigenvalue weighted by Crippen LogP contribution is 2.18. The Morgan fingerprint density at radius 2 is 2.06 bits per heavy atom. The maximum absolute atomic E-state index is 12.0. The molecule has 0 saturated heterocycles. The molecule has 1 aromatic carbocycles. The molecule has 4 nitrogen and oxygen atoms in total. The van der Waals surface area contributed by atoms with Gasteiger partial charge in [0.25, 0.3) is 5.56 Å². The summed E-state index contributed by atoms with van der Waals surface area (Å²) >= 11 is 0. The number of nitrogens with zero attached hydrogens (tertiary/aromatic N) is 2. The quantitative estimate of drug-likeness (QED) is 0.480. The van der Waals surface area contributed by atoms with Crippen LogP contribution in [0.1, 0.15) is 10.4 Å². The minimum atomic E-state index is -0.145. The van der Waals surface area contributed by atoms with E-state index in [2.05, 4.69) is 4.98 Å². The number of hydrogen-bond donors (Lipinski definition) is 0. The monoisotopic (exact) mass is 238 g/mol. The van der Waals surface area contributed by atoms with E-state index in [1.807, 2.05) is 24.3 Å². The van der Waals surface area contributed by atoms with Crippen LogP contribution < -0.4 is 5.56 Å². The summed E-state index contributed by atoms with van der Waals surface area (Å²) < 4.78 is 1.41. The van der Waals surface area contributed by atoms with Crippen LogP contribution in [0.25, 0.3) is 21.8 Å². The molecule has 0 saturated carbocycles. The lowest BCUT2D eigenvalue weighted by Crippen LogP contribution is -2.17. The van der Waals surface area contributed by atoms with Crippen molar-refractivity contribution >= 4 is 28.1 Å². The fraction of sp³-hybridized carbons (Fsp3) is 0.0714. The van der Waals surface area contributed by atoms with Crippen LogP contribution in [-0.2, 0) is 7.05 Å². The summed E-state index contributed by atoms with van der Waals surface area (Å²) in [5.74, 6) is 0. The Hall–Kier alpha value is -2.49. The number of aromatic nitrogens is 2. The van der Waals surface area contributed by atoms with Crippen LogP contribution in [0.3, 0.4) is 0 Å². The van der Waals surface area contributed by atoms with Crippen molar-refractivity contribution in [2.75, 3.05) is 0 Å². The molecule has 0 spiro atoms. The number of carbonyl (C=O) groups is 1. The van der Waals surface area contributed by atoms with Crippen molar-refractivity contribution in [2.24, 2.45) is 7.05 Å². The van der Waals surface area contributed by atoms with Crippen LogP contribution in [0.4, 0.5) is 0 Å². The Balaban J connectivity index is 2.60. The lowest BCUT2D eigenvalue weighted by atomic mass is 10.1. The van der Waals surface area contributed by atoms with Gasteiger partial charge >= 0.3 is 0 Å². The molecule has 0 N–H and O–H groups in total. The zero-order valence-electron chi connectivity index (χ0n) is 9.75. The number of aldehydes is 1. The van der Waals surface area contributed by atoms with Crippen LogP contribution in [0.5, 0.6) is 0 Å². The summed E-state index contributed by atoms with van der Waals surface area (Å²) in [5.41, 5.74) is 1.53. The Morgan fingerprint density at radius 3 is 2.83 bits per heavy atom. The predicted octanol–water partition coefficient (Wildman–Crippen LogP) is 1.90. The van der Waals surface area contributed by atoms with Gasteiger partial charge in [-0.05, 0) is 12.1 Å². The van der Waals surface area contributed by atoms with Crippen molar-refractivity contribution in [1.82, 2.24) is 9.55 Å². The first-order valence-electron chi connectivity index (χ1n) is 5.55. The summed E-state index contributed by atoms with van der Waals surface area (Å²) in [4.78, 5) is 27.5. The van der Waals surface area contributed by atoms with Crippen molar-refractivity contribution < 1.29 is 4.79 Å². The zero-order valence-corrected chi connectivity index (χ0v) is 9.75. The average molecular weight is 238 g/mol. The van der Waals surface area contributed by atoms with Gasteiger partial charge in [-0.3, -0.25) is 9.59 Å². The van der Waals surface area contributed by atoms with Gasteiger partial charge < -0.3 is 4.57 Å². The number of aryl methyl sites for hydroxylation is 1. The SMILES string of the molecule is Cn1cc(C=O)c2nc3ccccc3cc2c1=O. The Kier molecular flexibility index (Phi) is 2.23. The summed E-state index contributed by atoms with van der Waals surface area (Å²) in [7, 11) is 1.63. The van der Waals surface area contributed by atoms with Crippen LogP contribution in [0.15, 0.2) is 41.3 Å². The Labute approximate surface area is 102 Å². The van der Waals surface area contributed by atoms with Crippen molar-refractivity contribution in [3.05, 3.63) is 52.4 Å². The van der Waals surface area contributed by atoms with Gasteiger partial charge in [-0.15, -0.1) is 0 Å².